The normalized spacial score (nSPS) is 10.2. The lowest BCUT2D eigenvalue weighted by Gasteiger charge is -2.07. The summed E-state index contributed by atoms with van der Waals surface area (Å²) in [5.74, 6) is 0. The second-order valence-electron chi connectivity index (χ2n) is 4.09. The molecular weight excluding hydrogens is 214 g/mol. The Kier molecular flexibility index (Phi) is 2.91. The van der Waals surface area contributed by atoms with E-state index in [9.17, 15) is 10.1 Å². The van der Waals surface area contributed by atoms with Gasteiger partial charge in [-0.3, -0.25) is 10.1 Å². The van der Waals surface area contributed by atoms with Gasteiger partial charge in [-0.15, -0.1) is 0 Å². The first-order valence-corrected chi connectivity index (χ1v) is 5.40. The molecule has 86 valence electrons. The van der Waals surface area contributed by atoms with Gasteiger partial charge in [0.2, 0.25) is 0 Å². The maximum Gasteiger partial charge on any atom is 0.277 e. The molecule has 0 saturated heterocycles. The molecular formula is C14H13NO2. The number of hydrogen-bond donors (Lipinski definition) is 0. The van der Waals surface area contributed by atoms with Gasteiger partial charge < -0.3 is 0 Å². The number of nitro benzene ring substituents is 1. The molecule has 0 unspecified atom stereocenters. The molecule has 0 N–H and O–H groups in total. The Labute approximate surface area is 99.9 Å². The van der Waals surface area contributed by atoms with Gasteiger partial charge in [0.1, 0.15) is 0 Å². The molecule has 17 heavy (non-hydrogen) atoms. The summed E-state index contributed by atoms with van der Waals surface area (Å²) in [4.78, 5) is 10.6. The van der Waals surface area contributed by atoms with Crippen LogP contribution in [0.1, 0.15) is 11.1 Å². The summed E-state index contributed by atoms with van der Waals surface area (Å²) >= 11 is 0. The molecule has 2 rings (SSSR count). The lowest BCUT2D eigenvalue weighted by molar-refractivity contribution is -0.384. The lowest BCUT2D eigenvalue weighted by Crippen LogP contribution is -1.93. The van der Waals surface area contributed by atoms with Crippen LogP contribution in [0.15, 0.2) is 42.5 Å². The van der Waals surface area contributed by atoms with Gasteiger partial charge in [0, 0.05) is 6.07 Å². The Morgan fingerprint density at radius 3 is 2.35 bits per heavy atom. The summed E-state index contributed by atoms with van der Waals surface area (Å²) in [6.07, 6.45) is 0. The largest absolute Gasteiger partial charge is 0.277 e. The monoisotopic (exact) mass is 227 g/mol. The Hall–Kier alpha value is -2.16. The van der Waals surface area contributed by atoms with Crippen LogP contribution < -0.4 is 0 Å². The van der Waals surface area contributed by atoms with Crippen molar-refractivity contribution in [1.29, 1.82) is 0 Å². The van der Waals surface area contributed by atoms with E-state index < -0.39 is 0 Å². The fourth-order valence-corrected chi connectivity index (χ4v) is 1.98. The molecule has 3 nitrogen and oxygen atoms in total. The molecule has 0 amide bonds. The van der Waals surface area contributed by atoms with Crippen molar-refractivity contribution in [1.82, 2.24) is 0 Å². The molecule has 0 aliphatic rings. The van der Waals surface area contributed by atoms with Crippen molar-refractivity contribution in [2.75, 3.05) is 0 Å². The molecule has 0 saturated carbocycles. The summed E-state index contributed by atoms with van der Waals surface area (Å²) in [7, 11) is 0. The summed E-state index contributed by atoms with van der Waals surface area (Å²) in [5, 5.41) is 11.0. The van der Waals surface area contributed by atoms with E-state index >= 15 is 0 Å². The van der Waals surface area contributed by atoms with Crippen LogP contribution in [0, 0.1) is 24.0 Å². The van der Waals surface area contributed by atoms with E-state index in [1.54, 1.807) is 12.1 Å². The molecule has 2 aromatic rings. The van der Waals surface area contributed by atoms with Crippen LogP contribution >= 0.6 is 0 Å². The average Bonchev–Trinajstić information content (AvgIpc) is 2.29. The molecule has 0 fully saturated rings. The zero-order valence-electron chi connectivity index (χ0n) is 9.81. The predicted octanol–water partition coefficient (Wildman–Crippen LogP) is 3.88. The molecule has 0 spiro atoms. The van der Waals surface area contributed by atoms with Gasteiger partial charge in [0.05, 0.1) is 10.5 Å². The topological polar surface area (TPSA) is 43.1 Å². The smallest absolute Gasteiger partial charge is 0.258 e. The van der Waals surface area contributed by atoms with E-state index in [4.69, 9.17) is 0 Å². The van der Waals surface area contributed by atoms with Gasteiger partial charge in [-0.25, -0.2) is 0 Å². The Bertz CT molecular complexity index is 576. The number of benzene rings is 2. The summed E-state index contributed by atoms with van der Waals surface area (Å²) in [5.41, 5.74) is 3.96. The average molecular weight is 227 g/mol. The maximum absolute atomic E-state index is 11.0. The quantitative estimate of drug-likeness (QED) is 0.577. The van der Waals surface area contributed by atoms with Crippen LogP contribution in [0.2, 0.25) is 0 Å². The Balaban J connectivity index is 2.64. The lowest BCUT2D eigenvalue weighted by atomic mass is 9.97. The number of nitro groups is 1. The summed E-state index contributed by atoms with van der Waals surface area (Å²) in [6.45, 7) is 3.98. The van der Waals surface area contributed by atoms with E-state index in [0.717, 1.165) is 16.7 Å². The second-order valence-corrected chi connectivity index (χ2v) is 4.09. The van der Waals surface area contributed by atoms with E-state index in [-0.39, 0.29) is 10.6 Å². The van der Waals surface area contributed by atoms with Crippen LogP contribution in [0.25, 0.3) is 11.1 Å². The molecule has 0 atom stereocenters. The minimum Gasteiger partial charge on any atom is -0.258 e. The third kappa shape index (κ3) is 2.18. The zero-order chi connectivity index (χ0) is 12.4. The van der Waals surface area contributed by atoms with Gasteiger partial charge in [-0.2, -0.15) is 0 Å². The molecule has 0 radical (unpaired) electrons. The van der Waals surface area contributed by atoms with Crippen LogP contribution in [0.3, 0.4) is 0 Å². The highest BCUT2D eigenvalue weighted by atomic mass is 16.6. The van der Waals surface area contributed by atoms with Crippen molar-refractivity contribution in [2.45, 2.75) is 13.8 Å². The van der Waals surface area contributed by atoms with Crippen molar-refractivity contribution >= 4 is 5.69 Å². The fraction of sp³-hybridized carbons (Fsp3) is 0.143. The van der Waals surface area contributed by atoms with Gasteiger partial charge >= 0.3 is 0 Å². The minimum atomic E-state index is -0.339. The molecule has 2 aromatic carbocycles. The van der Waals surface area contributed by atoms with E-state index in [1.807, 2.05) is 38.1 Å². The molecule has 0 aliphatic carbocycles. The molecule has 0 aromatic heterocycles. The number of hydrogen-bond acceptors (Lipinski definition) is 2. The Morgan fingerprint density at radius 1 is 1.00 bits per heavy atom. The van der Waals surface area contributed by atoms with E-state index in [2.05, 4.69) is 0 Å². The highest BCUT2D eigenvalue weighted by molar-refractivity contribution is 5.76. The van der Waals surface area contributed by atoms with Crippen molar-refractivity contribution in [2.24, 2.45) is 0 Å². The van der Waals surface area contributed by atoms with Crippen molar-refractivity contribution in [3.05, 3.63) is 63.7 Å². The van der Waals surface area contributed by atoms with Gasteiger partial charge in [-0.1, -0.05) is 35.9 Å². The van der Waals surface area contributed by atoms with Crippen molar-refractivity contribution in [3.63, 3.8) is 0 Å². The standard InChI is InChI=1S/C14H13NO2/c1-10-7-8-12(11(2)9-10)13-5-3-4-6-14(13)15(16)17/h3-9H,1-2H3. The SMILES string of the molecule is Cc1ccc(-c2ccccc2[N+](=O)[O-])c(C)c1. The predicted molar refractivity (Wildman–Crippen MR) is 68.0 cm³/mol. The number of rotatable bonds is 2. The summed E-state index contributed by atoms with van der Waals surface area (Å²) < 4.78 is 0. The highest BCUT2D eigenvalue weighted by Crippen LogP contribution is 2.31. The van der Waals surface area contributed by atoms with Crippen LogP contribution in [-0.4, -0.2) is 4.92 Å². The molecule has 0 aliphatic heterocycles. The third-order valence-electron chi connectivity index (χ3n) is 2.77. The van der Waals surface area contributed by atoms with Crippen LogP contribution in [0.5, 0.6) is 0 Å². The van der Waals surface area contributed by atoms with Gasteiger partial charge in [0.15, 0.2) is 0 Å². The van der Waals surface area contributed by atoms with Gasteiger partial charge in [0.25, 0.3) is 5.69 Å². The first kappa shape index (κ1) is 11.3. The zero-order valence-corrected chi connectivity index (χ0v) is 9.81. The van der Waals surface area contributed by atoms with Crippen molar-refractivity contribution in [3.8, 4) is 11.1 Å². The first-order valence-electron chi connectivity index (χ1n) is 5.40. The minimum absolute atomic E-state index is 0.152. The number of aryl methyl sites for hydroxylation is 2. The van der Waals surface area contributed by atoms with E-state index in [0.29, 0.717) is 5.56 Å². The van der Waals surface area contributed by atoms with E-state index in [1.165, 1.54) is 6.07 Å². The number of nitrogens with zero attached hydrogens (tertiary/aromatic N) is 1. The second kappa shape index (κ2) is 4.37. The third-order valence-corrected chi connectivity index (χ3v) is 2.77. The number of para-hydroxylation sites is 1. The molecule has 0 heterocycles. The first-order chi connectivity index (χ1) is 8.09. The van der Waals surface area contributed by atoms with Gasteiger partial charge in [-0.05, 0) is 31.0 Å². The summed E-state index contributed by atoms with van der Waals surface area (Å²) in [6, 6.07) is 12.8. The molecule has 3 heteroatoms. The van der Waals surface area contributed by atoms with Crippen molar-refractivity contribution < 1.29 is 4.92 Å². The Morgan fingerprint density at radius 2 is 1.71 bits per heavy atom. The van der Waals surface area contributed by atoms with Crippen LogP contribution in [0.4, 0.5) is 5.69 Å². The maximum atomic E-state index is 11.0. The fourth-order valence-electron chi connectivity index (χ4n) is 1.98. The molecule has 0 bridgehead atoms. The highest BCUT2D eigenvalue weighted by Gasteiger charge is 2.15. The van der Waals surface area contributed by atoms with Crippen LogP contribution in [-0.2, 0) is 0 Å².